The summed E-state index contributed by atoms with van der Waals surface area (Å²) in [5, 5.41) is 3.10. The van der Waals surface area contributed by atoms with Crippen molar-refractivity contribution in [2.75, 3.05) is 5.32 Å². The van der Waals surface area contributed by atoms with Gasteiger partial charge in [-0.1, -0.05) is 25.1 Å². The summed E-state index contributed by atoms with van der Waals surface area (Å²) in [4.78, 5) is 29.4. The molecule has 3 aromatic rings. The third kappa shape index (κ3) is 3.03. The van der Waals surface area contributed by atoms with Crippen LogP contribution in [0.3, 0.4) is 0 Å². The van der Waals surface area contributed by atoms with Gasteiger partial charge in [0, 0.05) is 5.69 Å². The van der Waals surface area contributed by atoms with Gasteiger partial charge in [-0.05, 0) is 36.8 Å². The zero-order valence-electron chi connectivity index (χ0n) is 13.1. The Kier molecular flexibility index (Phi) is 4.37. The third-order valence-corrected chi connectivity index (χ3v) is 3.81. The Morgan fingerprint density at radius 2 is 2.04 bits per heavy atom. The van der Waals surface area contributed by atoms with Gasteiger partial charge >= 0.3 is 0 Å². The van der Waals surface area contributed by atoms with E-state index in [1.807, 2.05) is 0 Å². The smallest absolute Gasteiger partial charge is 0.261 e. The molecular weight excluding hydrogens is 309 g/mol. The van der Waals surface area contributed by atoms with Gasteiger partial charge in [-0.15, -0.1) is 0 Å². The number of nitrogens with one attached hydrogen (secondary N) is 1. The number of halogens is 1. The maximum Gasteiger partial charge on any atom is 0.261 e. The van der Waals surface area contributed by atoms with E-state index in [1.165, 1.54) is 29.1 Å². The fourth-order valence-electron chi connectivity index (χ4n) is 2.61. The van der Waals surface area contributed by atoms with Gasteiger partial charge in [0.15, 0.2) is 0 Å². The van der Waals surface area contributed by atoms with Crippen molar-refractivity contribution < 1.29 is 9.18 Å². The van der Waals surface area contributed by atoms with Crippen LogP contribution in [0.2, 0.25) is 0 Å². The van der Waals surface area contributed by atoms with E-state index in [4.69, 9.17) is 0 Å². The molecule has 0 saturated carbocycles. The number of anilines is 1. The topological polar surface area (TPSA) is 64.0 Å². The minimum atomic E-state index is -0.724. The molecule has 3 rings (SSSR count). The zero-order valence-corrected chi connectivity index (χ0v) is 13.1. The van der Waals surface area contributed by atoms with Crippen molar-refractivity contribution in [3.05, 3.63) is 71.0 Å². The van der Waals surface area contributed by atoms with Crippen LogP contribution in [-0.4, -0.2) is 15.5 Å². The molecule has 1 heterocycles. The van der Waals surface area contributed by atoms with E-state index in [2.05, 4.69) is 10.3 Å². The van der Waals surface area contributed by atoms with Crippen LogP contribution in [0.25, 0.3) is 10.9 Å². The van der Waals surface area contributed by atoms with Gasteiger partial charge in [-0.3, -0.25) is 14.2 Å². The van der Waals surface area contributed by atoms with Crippen molar-refractivity contribution in [3.8, 4) is 0 Å². The second-order valence-electron chi connectivity index (χ2n) is 5.40. The standard InChI is InChI=1S/C18H16FN3O2/c1-2-16(17(23)21-13-7-5-6-12(19)10-13)22-11-20-15-9-4-3-8-14(15)18(22)24/h3-11,16H,2H2,1H3,(H,21,23)/t16-/m1/s1. The molecule has 1 aromatic heterocycles. The molecule has 24 heavy (non-hydrogen) atoms. The lowest BCUT2D eigenvalue weighted by atomic mass is 10.1. The summed E-state index contributed by atoms with van der Waals surface area (Å²) in [5.74, 6) is -0.826. The summed E-state index contributed by atoms with van der Waals surface area (Å²) in [5.41, 5.74) is 0.654. The van der Waals surface area contributed by atoms with E-state index in [9.17, 15) is 14.0 Å². The molecule has 1 N–H and O–H groups in total. The molecule has 1 amide bonds. The number of para-hydroxylation sites is 1. The van der Waals surface area contributed by atoms with Gasteiger partial charge in [-0.2, -0.15) is 0 Å². The van der Waals surface area contributed by atoms with E-state index < -0.39 is 11.9 Å². The quantitative estimate of drug-likeness (QED) is 0.801. The van der Waals surface area contributed by atoms with E-state index in [-0.39, 0.29) is 11.5 Å². The Morgan fingerprint density at radius 3 is 2.79 bits per heavy atom. The highest BCUT2D eigenvalue weighted by atomic mass is 19.1. The highest BCUT2D eigenvalue weighted by Gasteiger charge is 2.21. The van der Waals surface area contributed by atoms with Gasteiger partial charge < -0.3 is 5.32 Å². The summed E-state index contributed by atoms with van der Waals surface area (Å²) >= 11 is 0. The summed E-state index contributed by atoms with van der Waals surface area (Å²) < 4.78 is 14.6. The normalized spacial score (nSPS) is 12.1. The predicted octanol–water partition coefficient (Wildman–Crippen LogP) is 3.13. The molecule has 0 radical (unpaired) electrons. The maximum atomic E-state index is 13.2. The summed E-state index contributed by atoms with van der Waals surface area (Å²) in [6.07, 6.45) is 1.78. The number of nitrogens with zero attached hydrogens (tertiary/aromatic N) is 2. The monoisotopic (exact) mass is 325 g/mol. The van der Waals surface area contributed by atoms with Gasteiger partial charge in [-0.25, -0.2) is 9.37 Å². The second kappa shape index (κ2) is 6.62. The first-order valence-corrected chi connectivity index (χ1v) is 7.62. The third-order valence-electron chi connectivity index (χ3n) is 3.81. The SMILES string of the molecule is CC[C@H](C(=O)Nc1cccc(F)c1)n1cnc2ccccc2c1=O. The Bertz CT molecular complexity index is 952. The lowest BCUT2D eigenvalue weighted by molar-refractivity contribution is -0.119. The number of rotatable bonds is 4. The first-order valence-electron chi connectivity index (χ1n) is 7.62. The Morgan fingerprint density at radius 1 is 1.25 bits per heavy atom. The van der Waals surface area contributed by atoms with Crippen molar-refractivity contribution in [3.63, 3.8) is 0 Å². The molecule has 6 heteroatoms. The fraction of sp³-hybridized carbons (Fsp3) is 0.167. The molecule has 122 valence electrons. The maximum absolute atomic E-state index is 13.2. The largest absolute Gasteiger partial charge is 0.324 e. The molecule has 0 saturated heterocycles. The van der Waals surface area contributed by atoms with Crippen molar-refractivity contribution in [1.82, 2.24) is 9.55 Å². The predicted molar refractivity (Wildman–Crippen MR) is 90.4 cm³/mol. The van der Waals surface area contributed by atoms with Crippen molar-refractivity contribution >= 4 is 22.5 Å². The number of carbonyl (C=O) groups is 1. The molecule has 0 aliphatic heterocycles. The first-order chi connectivity index (χ1) is 11.6. The van der Waals surface area contributed by atoms with E-state index in [1.54, 1.807) is 37.3 Å². The van der Waals surface area contributed by atoms with Gasteiger partial charge in [0.05, 0.1) is 17.2 Å². The van der Waals surface area contributed by atoms with Gasteiger partial charge in [0.25, 0.3) is 5.56 Å². The molecule has 0 unspecified atom stereocenters. The number of hydrogen-bond acceptors (Lipinski definition) is 3. The van der Waals surface area contributed by atoms with Crippen molar-refractivity contribution in [1.29, 1.82) is 0 Å². The molecule has 1 atom stereocenters. The van der Waals surface area contributed by atoms with Gasteiger partial charge in [0.2, 0.25) is 5.91 Å². The number of fused-ring (bicyclic) bond motifs is 1. The molecule has 0 bridgehead atoms. The molecule has 0 spiro atoms. The number of amides is 1. The zero-order chi connectivity index (χ0) is 17.1. The lowest BCUT2D eigenvalue weighted by Gasteiger charge is -2.18. The molecule has 0 aliphatic rings. The molecule has 0 aliphatic carbocycles. The van der Waals surface area contributed by atoms with Crippen LogP contribution in [-0.2, 0) is 4.79 Å². The first kappa shape index (κ1) is 15.9. The van der Waals surface area contributed by atoms with Crippen LogP contribution in [0.1, 0.15) is 19.4 Å². The minimum Gasteiger partial charge on any atom is -0.324 e. The van der Waals surface area contributed by atoms with Crippen molar-refractivity contribution in [2.45, 2.75) is 19.4 Å². The second-order valence-corrected chi connectivity index (χ2v) is 5.40. The van der Waals surface area contributed by atoms with Crippen LogP contribution in [0.4, 0.5) is 10.1 Å². The summed E-state index contributed by atoms with van der Waals surface area (Å²) in [6.45, 7) is 1.80. The molecule has 0 fully saturated rings. The Hall–Kier alpha value is -3.02. The van der Waals surface area contributed by atoms with E-state index in [0.29, 0.717) is 23.0 Å². The Balaban J connectivity index is 1.95. The number of benzene rings is 2. The number of hydrogen-bond donors (Lipinski definition) is 1. The number of aromatic nitrogens is 2. The van der Waals surface area contributed by atoms with Crippen LogP contribution < -0.4 is 10.9 Å². The van der Waals surface area contributed by atoms with Crippen LogP contribution in [0.5, 0.6) is 0 Å². The average Bonchev–Trinajstić information content (AvgIpc) is 2.58. The van der Waals surface area contributed by atoms with E-state index in [0.717, 1.165) is 0 Å². The highest BCUT2D eigenvalue weighted by molar-refractivity contribution is 5.93. The molecular formula is C18H16FN3O2. The molecule has 5 nitrogen and oxygen atoms in total. The Labute approximate surface area is 137 Å². The minimum absolute atomic E-state index is 0.276. The van der Waals surface area contributed by atoms with Gasteiger partial charge in [0.1, 0.15) is 11.9 Å². The van der Waals surface area contributed by atoms with Crippen LogP contribution in [0, 0.1) is 5.82 Å². The lowest BCUT2D eigenvalue weighted by Crippen LogP contribution is -2.33. The summed E-state index contributed by atoms with van der Waals surface area (Å²) in [7, 11) is 0. The van der Waals surface area contributed by atoms with Crippen LogP contribution >= 0.6 is 0 Å². The fourth-order valence-corrected chi connectivity index (χ4v) is 2.61. The highest BCUT2D eigenvalue weighted by Crippen LogP contribution is 2.16. The van der Waals surface area contributed by atoms with Crippen molar-refractivity contribution in [2.24, 2.45) is 0 Å². The average molecular weight is 325 g/mol. The van der Waals surface area contributed by atoms with E-state index >= 15 is 0 Å². The summed E-state index contributed by atoms with van der Waals surface area (Å²) in [6, 6.07) is 11.9. The number of carbonyl (C=O) groups excluding carboxylic acids is 1. The van der Waals surface area contributed by atoms with Crippen LogP contribution in [0.15, 0.2) is 59.7 Å². The molecule has 2 aromatic carbocycles.